The largest absolute Gasteiger partial charge is 0.377 e. The summed E-state index contributed by atoms with van der Waals surface area (Å²) in [5, 5.41) is 7.11. The Morgan fingerprint density at radius 2 is 2.00 bits per heavy atom. The van der Waals surface area contributed by atoms with E-state index in [1.807, 2.05) is 0 Å². The van der Waals surface area contributed by atoms with Crippen molar-refractivity contribution in [1.82, 2.24) is 15.5 Å². The molecule has 6 heteroatoms. The quantitative estimate of drug-likeness (QED) is 0.384. The highest BCUT2D eigenvalue weighted by Crippen LogP contribution is 2.52. The first-order valence-corrected chi connectivity index (χ1v) is 9.51. The molecule has 3 aliphatic rings. The summed E-state index contributed by atoms with van der Waals surface area (Å²) < 4.78 is 5.89. The van der Waals surface area contributed by atoms with Crippen LogP contribution < -0.4 is 10.6 Å². The monoisotopic (exact) mass is 450 g/mol. The van der Waals surface area contributed by atoms with Crippen LogP contribution in [0.1, 0.15) is 46.5 Å². The number of likely N-dealkylation sites (tertiary alicyclic amines) is 1. The first kappa shape index (κ1) is 20.2. The minimum absolute atomic E-state index is 0. The van der Waals surface area contributed by atoms with Crippen LogP contribution in [0.2, 0.25) is 0 Å². The van der Waals surface area contributed by atoms with Gasteiger partial charge in [0.05, 0.1) is 12.6 Å². The molecule has 24 heavy (non-hydrogen) atoms. The molecule has 0 aromatic heterocycles. The van der Waals surface area contributed by atoms with E-state index in [0.717, 1.165) is 32.2 Å². The SMILES string of the molecule is CCNC(=NCCN1CCCCC1)NC1C2CCOC2C1(C)C.I. The van der Waals surface area contributed by atoms with Crippen molar-refractivity contribution in [2.45, 2.75) is 58.6 Å². The molecule has 0 radical (unpaired) electrons. The minimum atomic E-state index is 0. The summed E-state index contributed by atoms with van der Waals surface area (Å²) in [5.41, 5.74) is 0.199. The van der Waals surface area contributed by atoms with Gasteiger partial charge in [0.25, 0.3) is 0 Å². The number of fused-ring (bicyclic) bond motifs is 1. The first-order valence-electron chi connectivity index (χ1n) is 9.51. The van der Waals surface area contributed by atoms with E-state index in [9.17, 15) is 0 Å². The molecule has 0 spiro atoms. The van der Waals surface area contributed by atoms with E-state index in [4.69, 9.17) is 9.73 Å². The molecule has 2 N–H and O–H groups in total. The Morgan fingerprint density at radius 1 is 1.25 bits per heavy atom. The number of halogens is 1. The van der Waals surface area contributed by atoms with Crippen molar-refractivity contribution in [2.24, 2.45) is 16.3 Å². The maximum atomic E-state index is 5.89. The van der Waals surface area contributed by atoms with Gasteiger partial charge >= 0.3 is 0 Å². The number of aliphatic imine (C=N–C) groups is 1. The second-order valence-corrected chi connectivity index (χ2v) is 7.85. The van der Waals surface area contributed by atoms with Crippen LogP contribution in [-0.2, 0) is 4.74 Å². The maximum Gasteiger partial charge on any atom is 0.191 e. The average molecular weight is 450 g/mol. The van der Waals surface area contributed by atoms with Gasteiger partial charge < -0.3 is 20.3 Å². The molecule has 2 heterocycles. The Morgan fingerprint density at radius 3 is 2.71 bits per heavy atom. The van der Waals surface area contributed by atoms with E-state index in [1.54, 1.807) is 0 Å². The molecule has 1 aliphatic carbocycles. The fourth-order valence-electron chi connectivity index (χ4n) is 4.57. The van der Waals surface area contributed by atoms with Crippen LogP contribution in [0.5, 0.6) is 0 Å². The van der Waals surface area contributed by atoms with Gasteiger partial charge in [-0.15, -0.1) is 24.0 Å². The maximum absolute atomic E-state index is 5.89. The van der Waals surface area contributed by atoms with Gasteiger partial charge in [0, 0.05) is 37.1 Å². The van der Waals surface area contributed by atoms with Gasteiger partial charge in [-0.25, -0.2) is 0 Å². The number of piperidine rings is 1. The van der Waals surface area contributed by atoms with E-state index in [1.165, 1.54) is 38.8 Å². The summed E-state index contributed by atoms with van der Waals surface area (Å²) in [7, 11) is 0. The number of hydrogen-bond donors (Lipinski definition) is 2. The van der Waals surface area contributed by atoms with Gasteiger partial charge in [-0.2, -0.15) is 0 Å². The molecule has 5 nitrogen and oxygen atoms in total. The number of rotatable bonds is 5. The molecule has 0 amide bonds. The molecule has 3 unspecified atom stereocenters. The molecular formula is C18H35IN4O. The fraction of sp³-hybridized carbons (Fsp3) is 0.944. The molecule has 140 valence electrons. The molecular weight excluding hydrogens is 415 g/mol. The molecule has 2 aliphatic heterocycles. The zero-order valence-electron chi connectivity index (χ0n) is 15.5. The summed E-state index contributed by atoms with van der Waals surface area (Å²) in [4.78, 5) is 7.37. The summed E-state index contributed by atoms with van der Waals surface area (Å²) >= 11 is 0. The third-order valence-corrected chi connectivity index (χ3v) is 5.87. The Balaban J connectivity index is 0.00000208. The smallest absolute Gasteiger partial charge is 0.191 e. The molecule has 3 atom stereocenters. The molecule has 2 saturated heterocycles. The first-order chi connectivity index (χ1) is 11.1. The number of nitrogens with zero attached hydrogens (tertiary/aromatic N) is 2. The van der Waals surface area contributed by atoms with Crippen molar-refractivity contribution in [1.29, 1.82) is 0 Å². The van der Waals surface area contributed by atoms with Gasteiger partial charge in [-0.3, -0.25) is 4.99 Å². The van der Waals surface area contributed by atoms with Gasteiger partial charge in [0.2, 0.25) is 0 Å². The van der Waals surface area contributed by atoms with Crippen LogP contribution in [0.4, 0.5) is 0 Å². The van der Waals surface area contributed by atoms with Crippen LogP contribution in [0.3, 0.4) is 0 Å². The van der Waals surface area contributed by atoms with Crippen LogP contribution in [0.25, 0.3) is 0 Å². The zero-order valence-corrected chi connectivity index (χ0v) is 17.8. The van der Waals surface area contributed by atoms with Gasteiger partial charge in [-0.05, 0) is 39.3 Å². The van der Waals surface area contributed by atoms with Crippen LogP contribution in [0.15, 0.2) is 4.99 Å². The van der Waals surface area contributed by atoms with E-state index in [-0.39, 0.29) is 29.4 Å². The Hall–Kier alpha value is -0.0800. The van der Waals surface area contributed by atoms with Crippen molar-refractivity contribution >= 4 is 29.9 Å². The topological polar surface area (TPSA) is 48.9 Å². The number of ether oxygens (including phenoxy) is 1. The lowest BCUT2D eigenvalue weighted by atomic mass is 9.57. The number of nitrogens with one attached hydrogen (secondary N) is 2. The van der Waals surface area contributed by atoms with Crippen molar-refractivity contribution in [3.05, 3.63) is 0 Å². The second-order valence-electron chi connectivity index (χ2n) is 7.85. The van der Waals surface area contributed by atoms with Gasteiger partial charge in [0.15, 0.2) is 5.96 Å². The molecule has 0 bridgehead atoms. The summed E-state index contributed by atoms with van der Waals surface area (Å²) in [6.45, 7) is 13.0. The lowest BCUT2D eigenvalue weighted by Gasteiger charge is -2.54. The second kappa shape index (κ2) is 9.03. The lowest BCUT2D eigenvalue weighted by molar-refractivity contribution is -0.106. The number of guanidine groups is 1. The molecule has 3 fully saturated rings. The highest BCUT2D eigenvalue weighted by Gasteiger charge is 2.59. The predicted octanol–water partition coefficient (Wildman–Crippen LogP) is 2.46. The highest BCUT2D eigenvalue weighted by molar-refractivity contribution is 14.0. The van der Waals surface area contributed by atoms with E-state index < -0.39 is 0 Å². The third kappa shape index (κ3) is 4.36. The minimum Gasteiger partial charge on any atom is -0.377 e. The van der Waals surface area contributed by atoms with Crippen molar-refractivity contribution in [3.63, 3.8) is 0 Å². The standard InChI is InChI=1S/C18H34N4O.HI/c1-4-19-17(20-9-12-22-10-6-5-7-11-22)21-15-14-8-13-23-16(14)18(15,2)3;/h14-16H,4-13H2,1-3H3,(H2,19,20,21);1H. The lowest BCUT2D eigenvalue weighted by Crippen LogP contribution is -2.68. The molecule has 0 aromatic rings. The van der Waals surface area contributed by atoms with E-state index in [2.05, 4.69) is 36.3 Å². The van der Waals surface area contributed by atoms with Gasteiger partial charge in [-0.1, -0.05) is 20.3 Å². The zero-order chi connectivity index (χ0) is 16.3. The Bertz CT molecular complexity index is 423. The summed E-state index contributed by atoms with van der Waals surface area (Å²) in [6.07, 6.45) is 5.70. The Kier molecular flexibility index (Phi) is 7.61. The Labute approximate surface area is 164 Å². The van der Waals surface area contributed by atoms with E-state index in [0.29, 0.717) is 18.1 Å². The molecule has 0 aromatic carbocycles. The number of hydrogen-bond acceptors (Lipinski definition) is 3. The predicted molar refractivity (Wildman–Crippen MR) is 110 cm³/mol. The fourth-order valence-corrected chi connectivity index (χ4v) is 4.57. The van der Waals surface area contributed by atoms with E-state index >= 15 is 0 Å². The summed E-state index contributed by atoms with van der Waals surface area (Å²) in [5.74, 6) is 1.63. The molecule has 3 rings (SSSR count). The van der Waals surface area contributed by atoms with Crippen LogP contribution in [0, 0.1) is 11.3 Å². The summed E-state index contributed by atoms with van der Waals surface area (Å²) in [6, 6.07) is 0.475. The molecule has 1 saturated carbocycles. The normalized spacial score (nSPS) is 32.5. The average Bonchev–Trinajstić information content (AvgIpc) is 3.00. The van der Waals surface area contributed by atoms with Crippen LogP contribution in [-0.4, -0.2) is 62.3 Å². The third-order valence-electron chi connectivity index (χ3n) is 5.87. The van der Waals surface area contributed by atoms with Crippen LogP contribution >= 0.6 is 24.0 Å². The van der Waals surface area contributed by atoms with Gasteiger partial charge in [0.1, 0.15) is 0 Å². The van der Waals surface area contributed by atoms with Crippen molar-refractivity contribution in [3.8, 4) is 0 Å². The van der Waals surface area contributed by atoms with Crippen molar-refractivity contribution < 1.29 is 4.74 Å². The van der Waals surface area contributed by atoms with Crippen molar-refractivity contribution in [2.75, 3.05) is 39.3 Å². The highest BCUT2D eigenvalue weighted by atomic mass is 127.